The second-order valence-corrected chi connectivity index (χ2v) is 4.40. The van der Waals surface area contributed by atoms with E-state index in [1.54, 1.807) is 0 Å². The van der Waals surface area contributed by atoms with Crippen LogP contribution in [-0.2, 0) is 4.74 Å². The minimum absolute atomic E-state index is 0.422. The molecule has 0 aromatic carbocycles. The number of hydrogen-bond donors (Lipinski definition) is 1. The molecule has 1 aliphatic rings. The molecular weight excluding hydrogens is 162 g/mol. The zero-order valence-corrected chi connectivity index (χ0v) is 9.34. The van der Waals surface area contributed by atoms with Crippen LogP contribution in [0.1, 0.15) is 47.0 Å². The normalized spacial score (nSPS) is 37.4. The van der Waals surface area contributed by atoms with Gasteiger partial charge in [-0.15, -0.1) is 0 Å². The number of rotatable bonds is 3. The van der Waals surface area contributed by atoms with Gasteiger partial charge in [0, 0.05) is 12.1 Å². The predicted molar refractivity (Wildman–Crippen MR) is 55.9 cm³/mol. The van der Waals surface area contributed by atoms with Crippen molar-refractivity contribution < 1.29 is 4.74 Å². The maximum Gasteiger partial charge on any atom is 0.0565 e. The first kappa shape index (κ1) is 11.0. The Labute approximate surface area is 82.0 Å². The Kier molecular flexibility index (Phi) is 4.20. The van der Waals surface area contributed by atoms with Crippen LogP contribution in [0.4, 0.5) is 0 Å². The van der Waals surface area contributed by atoms with Gasteiger partial charge in [0.15, 0.2) is 0 Å². The molecule has 0 bridgehead atoms. The summed E-state index contributed by atoms with van der Waals surface area (Å²) in [7, 11) is 0. The third-order valence-electron chi connectivity index (χ3n) is 2.83. The highest BCUT2D eigenvalue weighted by molar-refractivity contribution is 4.80. The molecule has 0 radical (unpaired) electrons. The summed E-state index contributed by atoms with van der Waals surface area (Å²) >= 11 is 0. The van der Waals surface area contributed by atoms with Gasteiger partial charge in [0.1, 0.15) is 0 Å². The molecule has 0 aliphatic carbocycles. The van der Waals surface area contributed by atoms with Gasteiger partial charge in [-0.3, -0.25) is 0 Å². The summed E-state index contributed by atoms with van der Waals surface area (Å²) in [5.41, 5.74) is 0. The van der Waals surface area contributed by atoms with E-state index in [1.807, 2.05) is 0 Å². The van der Waals surface area contributed by atoms with Crippen LogP contribution in [0.5, 0.6) is 0 Å². The molecule has 1 aliphatic heterocycles. The SMILES string of the molecule is CC[C@@H](C)NC1C[C@@H](C)O[C@H](C)C1. The van der Waals surface area contributed by atoms with Gasteiger partial charge in [-0.2, -0.15) is 0 Å². The van der Waals surface area contributed by atoms with E-state index in [0.29, 0.717) is 24.3 Å². The molecule has 1 fully saturated rings. The fourth-order valence-corrected chi connectivity index (χ4v) is 2.06. The van der Waals surface area contributed by atoms with E-state index in [4.69, 9.17) is 4.74 Å². The van der Waals surface area contributed by atoms with Crippen molar-refractivity contribution in [2.75, 3.05) is 0 Å². The zero-order valence-electron chi connectivity index (χ0n) is 9.34. The summed E-state index contributed by atoms with van der Waals surface area (Å²) in [6.07, 6.45) is 4.37. The molecule has 0 saturated carbocycles. The summed E-state index contributed by atoms with van der Waals surface area (Å²) in [4.78, 5) is 0. The zero-order chi connectivity index (χ0) is 9.84. The molecule has 3 atom stereocenters. The quantitative estimate of drug-likeness (QED) is 0.728. The maximum absolute atomic E-state index is 5.69. The lowest BCUT2D eigenvalue weighted by atomic mass is 9.99. The third-order valence-corrected chi connectivity index (χ3v) is 2.83. The van der Waals surface area contributed by atoms with Crippen molar-refractivity contribution in [1.82, 2.24) is 5.32 Å². The summed E-state index contributed by atoms with van der Waals surface area (Å²) < 4.78 is 5.69. The van der Waals surface area contributed by atoms with Gasteiger partial charge < -0.3 is 10.1 Å². The Bertz CT molecular complexity index is 139. The Hall–Kier alpha value is -0.0800. The Morgan fingerprint density at radius 3 is 2.31 bits per heavy atom. The molecule has 1 saturated heterocycles. The van der Waals surface area contributed by atoms with Crippen LogP contribution in [-0.4, -0.2) is 24.3 Å². The van der Waals surface area contributed by atoms with E-state index in [1.165, 1.54) is 6.42 Å². The summed E-state index contributed by atoms with van der Waals surface area (Å²) in [5.74, 6) is 0. The molecular formula is C11H23NO. The topological polar surface area (TPSA) is 21.3 Å². The van der Waals surface area contributed by atoms with Crippen molar-refractivity contribution in [2.45, 2.75) is 71.2 Å². The van der Waals surface area contributed by atoms with Gasteiger partial charge in [-0.25, -0.2) is 0 Å². The fourth-order valence-electron chi connectivity index (χ4n) is 2.06. The lowest BCUT2D eigenvalue weighted by Gasteiger charge is -2.34. The molecule has 1 heterocycles. The molecule has 13 heavy (non-hydrogen) atoms. The van der Waals surface area contributed by atoms with E-state index in [0.717, 1.165) is 12.8 Å². The fraction of sp³-hybridized carbons (Fsp3) is 1.00. The average molecular weight is 185 g/mol. The van der Waals surface area contributed by atoms with Crippen LogP contribution in [0.25, 0.3) is 0 Å². The Morgan fingerprint density at radius 2 is 1.85 bits per heavy atom. The molecule has 78 valence electrons. The van der Waals surface area contributed by atoms with Crippen molar-refractivity contribution in [3.8, 4) is 0 Å². The van der Waals surface area contributed by atoms with Crippen molar-refractivity contribution in [1.29, 1.82) is 0 Å². The highest BCUT2D eigenvalue weighted by atomic mass is 16.5. The number of nitrogens with one attached hydrogen (secondary N) is 1. The van der Waals surface area contributed by atoms with Crippen molar-refractivity contribution in [2.24, 2.45) is 0 Å². The van der Waals surface area contributed by atoms with Crippen molar-refractivity contribution in [3.05, 3.63) is 0 Å². The minimum atomic E-state index is 0.422. The van der Waals surface area contributed by atoms with Gasteiger partial charge in [0.25, 0.3) is 0 Å². The highest BCUT2D eigenvalue weighted by Gasteiger charge is 2.24. The van der Waals surface area contributed by atoms with Gasteiger partial charge in [0.2, 0.25) is 0 Å². The smallest absolute Gasteiger partial charge is 0.0565 e. The second kappa shape index (κ2) is 4.97. The summed E-state index contributed by atoms with van der Waals surface area (Å²) in [6, 6.07) is 1.30. The van der Waals surface area contributed by atoms with E-state index in [9.17, 15) is 0 Å². The molecule has 0 amide bonds. The molecule has 0 unspecified atom stereocenters. The third kappa shape index (κ3) is 3.65. The number of ether oxygens (including phenoxy) is 1. The predicted octanol–water partition coefficient (Wildman–Crippen LogP) is 2.33. The molecule has 0 spiro atoms. The molecule has 0 aromatic rings. The summed E-state index contributed by atoms with van der Waals surface area (Å²) in [6.45, 7) is 8.82. The number of hydrogen-bond acceptors (Lipinski definition) is 2. The van der Waals surface area contributed by atoms with Crippen LogP contribution in [0.3, 0.4) is 0 Å². The van der Waals surface area contributed by atoms with Crippen LogP contribution in [0.2, 0.25) is 0 Å². The monoisotopic (exact) mass is 185 g/mol. The first-order chi connectivity index (χ1) is 6.11. The molecule has 2 heteroatoms. The molecule has 1 N–H and O–H groups in total. The van der Waals surface area contributed by atoms with Gasteiger partial charge >= 0.3 is 0 Å². The largest absolute Gasteiger partial charge is 0.375 e. The van der Waals surface area contributed by atoms with E-state index in [2.05, 4.69) is 33.0 Å². The van der Waals surface area contributed by atoms with Crippen molar-refractivity contribution >= 4 is 0 Å². The molecule has 0 aromatic heterocycles. The molecule has 1 rings (SSSR count). The van der Waals surface area contributed by atoms with Crippen LogP contribution >= 0.6 is 0 Å². The Morgan fingerprint density at radius 1 is 1.31 bits per heavy atom. The van der Waals surface area contributed by atoms with E-state index >= 15 is 0 Å². The first-order valence-electron chi connectivity index (χ1n) is 5.53. The second-order valence-electron chi connectivity index (χ2n) is 4.40. The summed E-state index contributed by atoms with van der Waals surface area (Å²) in [5, 5.41) is 3.65. The Balaban J connectivity index is 2.32. The van der Waals surface area contributed by atoms with Gasteiger partial charge in [-0.1, -0.05) is 6.92 Å². The lowest BCUT2D eigenvalue weighted by Crippen LogP contribution is -2.44. The van der Waals surface area contributed by atoms with Gasteiger partial charge in [-0.05, 0) is 40.0 Å². The van der Waals surface area contributed by atoms with E-state index in [-0.39, 0.29) is 0 Å². The maximum atomic E-state index is 5.69. The van der Waals surface area contributed by atoms with Crippen LogP contribution in [0, 0.1) is 0 Å². The van der Waals surface area contributed by atoms with Crippen LogP contribution < -0.4 is 5.32 Å². The highest BCUT2D eigenvalue weighted by Crippen LogP contribution is 2.19. The van der Waals surface area contributed by atoms with E-state index < -0.39 is 0 Å². The van der Waals surface area contributed by atoms with Crippen LogP contribution in [0.15, 0.2) is 0 Å². The lowest BCUT2D eigenvalue weighted by molar-refractivity contribution is -0.0433. The average Bonchev–Trinajstić information content (AvgIpc) is 2.02. The standard InChI is InChI=1S/C11H23NO/c1-5-8(2)12-11-6-9(3)13-10(4)7-11/h8-12H,5-7H2,1-4H3/t8-,9-,10-/m1/s1. The first-order valence-corrected chi connectivity index (χ1v) is 5.53. The van der Waals surface area contributed by atoms with Gasteiger partial charge in [0.05, 0.1) is 12.2 Å². The van der Waals surface area contributed by atoms with Crippen molar-refractivity contribution in [3.63, 3.8) is 0 Å². The molecule has 2 nitrogen and oxygen atoms in total. The minimum Gasteiger partial charge on any atom is -0.375 e.